The van der Waals surface area contributed by atoms with E-state index in [9.17, 15) is 19.5 Å². The van der Waals surface area contributed by atoms with Gasteiger partial charge in [0.1, 0.15) is 11.9 Å². The molecule has 2 aliphatic heterocycles. The minimum absolute atomic E-state index is 0.00157. The van der Waals surface area contributed by atoms with Crippen LogP contribution in [0, 0.1) is 5.92 Å². The van der Waals surface area contributed by atoms with Crippen molar-refractivity contribution in [3.8, 4) is 11.5 Å². The molecule has 1 aromatic carbocycles. The number of benzene rings is 1. The lowest BCUT2D eigenvalue weighted by molar-refractivity contribution is -0.177. The molecule has 1 aromatic heterocycles. The summed E-state index contributed by atoms with van der Waals surface area (Å²) in [6.07, 6.45) is 0.112. The fourth-order valence-corrected chi connectivity index (χ4v) is 3.84. The van der Waals surface area contributed by atoms with Gasteiger partial charge in [0.15, 0.2) is 11.5 Å². The molecule has 0 bridgehead atoms. The SMILES string of the molecule is C[C@@H](CC(=O)N1C(=O)[C@H](Cc2cccc(N)n2)[C@H]1C(=O)O)c1ccc2c(c1)OCO2. The number of aromatic nitrogens is 1. The van der Waals surface area contributed by atoms with E-state index >= 15 is 0 Å². The highest BCUT2D eigenvalue weighted by Gasteiger charge is 2.54. The number of fused-ring (bicyclic) bond motifs is 1. The monoisotopic (exact) mass is 411 g/mol. The van der Waals surface area contributed by atoms with Gasteiger partial charge < -0.3 is 20.3 Å². The molecule has 9 nitrogen and oxygen atoms in total. The highest BCUT2D eigenvalue weighted by Crippen LogP contribution is 2.36. The molecule has 4 rings (SSSR count). The van der Waals surface area contributed by atoms with E-state index in [2.05, 4.69) is 4.98 Å². The van der Waals surface area contributed by atoms with Crippen molar-refractivity contribution in [2.24, 2.45) is 5.92 Å². The average Bonchev–Trinajstić information content (AvgIpc) is 3.17. The summed E-state index contributed by atoms with van der Waals surface area (Å²) in [7, 11) is 0. The van der Waals surface area contributed by atoms with E-state index in [1.807, 2.05) is 13.0 Å². The summed E-state index contributed by atoms with van der Waals surface area (Å²) < 4.78 is 10.6. The first-order valence-corrected chi connectivity index (χ1v) is 9.55. The summed E-state index contributed by atoms with van der Waals surface area (Å²) >= 11 is 0. The largest absolute Gasteiger partial charge is 0.480 e. The molecule has 9 heteroatoms. The summed E-state index contributed by atoms with van der Waals surface area (Å²) in [5.41, 5.74) is 7.00. The Bertz CT molecular complexity index is 1020. The third-order valence-corrected chi connectivity index (χ3v) is 5.44. The molecule has 0 aliphatic carbocycles. The zero-order valence-corrected chi connectivity index (χ0v) is 16.3. The van der Waals surface area contributed by atoms with Gasteiger partial charge in [-0.05, 0) is 35.7 Å². The van der Waals surface area contributed by atoms with Crippen LogP contribution in [0.3, 0.4) is 0 Å². The number of anilines is 1. The van der Waals surface area contributed by atoms with Crippen LogP contribution >= 0.6 is 0 Å². The second kappa shape index (κ2) is 7.66. The Morgan fingerprint density at radius 3 is 2.77 bits per heavy atom. The molecule has 2 aromatic rings. The van der Waals surface area contributed by atoms with Gasteiger partial charge in [-0.25, -0.2) is 9.78 Å². The van der Waals surface area contributed by atoms with Crippen LogP contribution in [-0.2, 0) is 20.8 Å². The standard InChI is InChI=1S/C21H21N3O6/c1-11(12-5-6-15-16(8-12)30-10-29-15)7-18(25)24-19(21(27)28)14(20(24)26)9-13-3-2-4-17(22)23-13/h2-6,8,11,14,19H,7,9-10H2,1H3,(H2,22,23)(H,27,28)/t11-,14+,19-/m0/s1. The normalized spacial score (nSPS) is 20.6. The predicted molar refractivity (Wildman–Crippen MR) is 105 cm³/mol. The number of nitrogens with two attached hydrogens (primary N) is 1. The maximum Gasteiger partial charge on any atom is 0.327 e. The van der Waals surface area contributed by atoms with Crippen LogP contribution in [0.2, 0.25) is 0 Å². The number of carbonyl (C=O) groups is 3. The van der Waals surface area contributed by atoms with E-state index in [1.165, 1.54) is 0 Å². The number of amides is 2. The van der Waals surface area contributed by atoms with Crippen LogP contribution in [0.4, 0.5) is 5.82 Å². The van der Waals surface area contributed by atoms with Gasteiger partial charge in [-0.2, -0.15) is 0 Å². The average molecular weight is 411 g/mol. The van der Waals surface area contributed by atoms with Crippen molar-refractivity contribution < 1.29 is 29.0 Å². The molecule has 0 spiro atoms. The molecule has 0 saturated carbocycles. The quantitative estimate of drug-likeness (QED) is 0.685. The lowest BCUT2D eigenvalue weighted by Gasteiger charge is -2.43. The molecule has 1 saturated heterocycles. The van der Waals surface area contributed by atoms with E-state index < -0.39 is 29.7 Å². The summed E-state index contributed by atoms with van der Waals surface area (Å²) in [6.45, 7) is 1.99. The molecule has 2 amide bonds. The fraction of sp³-hybridized carbons (Fsp3) is 0.333. The number of β-lactam (4-membered cyclic amide) rings is 1. The second-order valence-electron chi connectivity index (χ2n) is 7.47. The molecular weight excluding hydrogens is 390 g/mol. The van der Waals surface area contributed by atoms with E-state index in [0.717, 1.165) is 10.5 Å². The zero-order valence-electron chi connectivity index (χ0n) is 16.3. The van der Waals surface area contributed by atoms with Crippen molar-refractivity contribution in [1.29, 1.82) is 0 Å². The number of carboxylic acids is 1. The molecule has 0 unspecified atom stereocenters. The Morgan fingerprint density at radius 1 is 1.27 bits per heavy atom. The highest BCUT2D eigenvalue weighted by atomic mass is 16.7. The summed E-state index contributed by atoms with van der Waals surface area (Å²) in [5.74, 6) is -1.79. The maximum atomic E-state index is 12.8. The number of carbonyl (C=O) groups excluding carboxylic acids is 2. The van der Waals surface area contributed by atoms with E-state index in [1.54, 1.807) is 30.3 Å². The molecule has 2 aliphatic rings. The van der Waals surface area contributed by atoms with Gasteiger partial charge >= 0.3 is 5.97 Å². The lowest BCUT2D eigenvalue weighted by Crippen LogP contribution is -2.66. The topological polar surface area (TPSA) is 132 Å². The molecule has 0 radical (unpaired) electrons. The van der Waals surface area contributed by atoms with Crippen LogP contribution < -0.4 is 15.2 Å². The Morgan fingerprint density at radius 2 is 2.03 bits per heavy atom. The van der Waals surface area contributed by atoms with Crippen molar-refractivity contribution >= 4 is 23.6 Å². The maximum absolute atomic E-state index is 12.8. The number of pyridine rings is 1. The minimum Gasteiger partial charge on any atom is -0.480 e. The molecule has 30 heavy (non-hydrogen) atoms. The van der Waals surface area contributed by atoms with Gasteiger partial charge in [0.25, 0.3) is 0 Å². The second-order valence-corrected chi connectivity index (χ2v) is 7.47. The van der Waals surface area contributed by atoms with Gasteiger partial charge in [-0.1, -0.05) is 19.1 Å². The van der Waals surface area contributed by atoms with Gasteiger partial charge in [0.05, 0.1) is 5.92 Å². The van der Waals surface area contributed by atoms with Crippen LogP contribution in [0.15, 0.2) is 36.4 Å². The number of rotatable bonds is 6. The third-order valence-electron chi connectivity index (χ3n) is 5.44. The Labute approximate surface area is 172 Å². The Kier molecular flexibility index (Phi) is 5.03. The lowest BCUT2D eigenvalue weighted by atomic mass is 9.82. The summed E-state index contributed by atoms with van der Waals surface area (Å²) in [4.78, 5) is 42.1. The first-order chi connectivity index (χ1) is 14.3. The van der Waals surface area contributed by atoms with Gasteiger partial charge in [-0.3, -0.25) is 14.5 Å². The number of hydrogen-bond acceptors (Lipinski definition) is 7. The summed E-state index contributed by atoms with van der Waals surface area (Å²) in [6, 6.07) is 9.14. The van der Waals surface area contributed by atoms with E-state index in [-0.39, 0.29) is 31.4 Å². The smallest absolute Gasteiger partial charge is 0.327 e. The van der Waals surface area contributed by atoms with Crippen molar-refractivity contribution in [2.45, 2.75) is 31.7 Å². The number of imide groups is 1. The van der Waals surface area contributed by atoms with Gasteiger partial charge in [0, 0.05) is 18.5 Å². The van der Waals surface area contributed by atoms with Crippen molar-refractivity contribution in [3.05, 3.63) is 47.7 Å². The third kappa shape index (κ3) is 3.54. The minimum atomic E-state index is -1.22. The van der Waals surface area contributed by atoms with Crippen LogP contribution in [0.5, 0.6) is 11.5 Å². The number of ether oxygens (including phenoxy) is 2. The van der Waals surface area contributed by atoms with Gasteiger partial charge in [-0.15, -0.1) is 0 Å². The molecular formula is C21H21N3O6. The first-order valence-electron chi connectivity index (χ1n) is 9.55. The van der Waals surface area contributed by atoms with Crippen LogP contribution in [0.25, 0.3) is 0 Å². The Hall–Kier alpha value is -3.62. The molecule has 3 heterocycles. The highest BCUT2D eigenvalue weighted by molar-refractivity contribution is 6.08. The number of aliphatic carboxylic acids is 1. The molecule has 3 N–H and O–H groups in total. The van der Waals surface area contributed by atoms with Crippen molar-refractivity contribution in [3.63, 3.8) is 0 Å². The van der Waals surface area contributed by atoms with Gasteiger partial charge in [0.2, 0.25) is 18.6 Å². The van der Waals surface area contributed by atoms with Crippen LogP contribution in [-0.4, -0.2) is 45.6 Å². The van der Waals surface area contributed by atoms with E-state index in [0.29, 0.717) is 17.2 Å². The number of hydrogen-bond donors (Lipinski definition) is 2. The molecule has 156 valence electrons. The molecule has 3 atom stereocenters. The van der Waals surface area contributed by atoms with Crippen LogP contribution in [0.1, 0.15) is 30.5 Å². The number of likely N-dealkylation sites (tertiary alicyclic amines) is 1. The number of nitrogen functional groups attached to an aromatic ring is 1. The molecule has 1 fully saturated rings. The van der Waals surface area contributed by atoms with Crippen molar-refractivity contribution in [1.82, 2.24) is 9.88 Å². The number of carboxylic acid groups (broad SMARTS) is 1. The summed E-state index contributed by atoms with van der Waals surface area (Å²) in [5, 5.41) is 9.61. The van der Waals surface area contributed by atoms with Crippen molar-refractivity contribution in [2.75, 3.05) is 12.5 Å². The fourth-order valence-electron chi connectivity index (χ4n) is 3.84. The first kappa shape index (κ1) is 19.7. The zero-order chi connectivity index (χ0) is 21.4. The Balaban J connectivity index is 1.45. The van der Waals surface area contributed by atoms with E-state index in [4.69, 9.17) is 15.2 Å². The predicted octanol–water partition coefficient (Wildman–Crippen LogP) is 1.57. The number of nitrogens with zero attached hydrogens (tertiary/aromatic N) is 2.